The number of aryl methyl sites for hydroxylation is 2. The molecule has 21 heavy (non-hydrogen) atoms. The minimum atomic E-state index is -0.929. The number of aliphatic carboxylic acids is 1. The molecule has 0 aliphatic rings. The lowest BCUT2D eigenvalue weighted by Gasteiger charge is -2.28. The van der Waals surface area contributed by atoms with Gasteiger partial charge in [0.1, 0.15) is 5.69 Å². The standard InChI is InChI=1S/C13H22N4O4/c1-5-7-16-13(12(17(20)21)10(4)14-16)15(6-2)9(3)8-11(18)19/h9H,5-8H2,1-4H3,(H,18,19). The lowest BCUT2D eigenvalue weighted by molar-refractivity contribution is -0.384. The molecule has 0 spiro atoms. The van der Waals surface area contributed by atoms with Crippen LogP contribution in [0.15, 0.2) is 0 Å². The summed E-state index contributed by atoms with van der Waals surface area (Å²) in [5.41, 5.74) is 0.312. The molecule has 0 saturated carbocycles. The second kappa shape index (κ2) is 7.05. The normalized spacial score (nSPS) is 12.2. The Bertz CT molecular complexity index is 526. The van der Waals surface area contributed by atoms with Crippen LogP contribution >= 0.6 is 0 Å². The number of hydrogen-bond donors (Lipinski definition) is 1. The molecule has 1 rings (SSSR count). The van der Waals surface area contributed by atoms with Gasteiger partial charge in [-0.3, -0.25) is 14.9 Å². The highest BCUT2D eigenvalue weighted by atomic mass is 16.6. The molecule has 0 aromatic carbocycles. The summed E-state index contributed by atoms with van der Waals surface area (Å²) in [5, 5.41) is 24.5. The van der Waals surface area contributed by atoms with E-state index in [2.05, 4.69) is 5.10 Å². The van der Waals surface area contributed by atoms with Crippen molar-refractivity contribution in [1.29, 1.82) is 0 Å². The van der Waals surface area contributed by atoms with E-state index in [0.717, 1.165) is 6.42 Å². The number of carbonyl (C=O) groups is 1. The molecular formula is C13H22N4O4. The largest absolute Gasteiger partial charge is 0.481 e. The van der Waals surface area contributed by atoms with Gasteiger partial charge in [0.2, 0.25) is 5.82 Å². The monoisotopic (exact) mass is 298 g/mol. The Morgan fingerprint density at radius 2 is 2.14 bits per heavy atom. The van der Waals surface area contributed by atoms with Gasteiger partial charge in [-0.05, 0) is 27.2 Å². The van der Waals surface area contributed by atoms with E-state index >= 15 is 0 Å². The van der Waals surface area contributed by atoms with Crippen LogP contribution in [0.3, 0.4) is 0 Å². The Kier molecular flexibility index (Phi) is 5.69. The lowest BCUT2D eigenvalue weighted by Crippen LogP contribution is -2.36. The third-order valence-corrected chi connectivity index (χ3v) is 3.30. The number of carboxylic acid groups (broad SMARTS) is 1. The van der Waals surface area contributed by atoms with Crippen LogP contribution in [0.2, 0.25) is 0 Å². The van der Waals surface area contributed by atoms with Crippen molar-refractivity contribution in [2.45, 2.75) is 53.1 Å². The number of anilines is 1. The molecule has 1 aromatic heterocycles. The minimum absolute atomic E-state index is 0.0393. The Hall–Kier alpha value is -2.12. The van der Waals surface area contributed by atoms with Crippen LogP contribution in [0.25, 0.3) is 0 Å². The summed E-state index contributed by atoms with van der Waals surface area (Å²) in [6, 6.07) is -0.349. The van der Waals surface area contributed by atoms with Crippen LogP contribution in [0.4, 0.5) is 11.5 Å². The first-order chi connectivity index (χ1) is 9.83. The number of rotatable bonds is 8. The summed E-state index contributed by atoms with van der Waals surface area (Å²) in [4.78, 5) is 23.5. The van der Waals surface area contributed by atoms with Crippen molar-refractivity contribution < 1.29 is 14.8 Å². The van der Waals surface area contributed by atoms with Crippen molar-refractivity contribution >= 4 is 17.5 Å². The average Bonchev–Trinajstić information content (AvgIpc) is 2.67. The Morgan fingerprint density at radius 3 is 2.57 bits per heavy atom. The molecule has 1 N–H and O–H groups in total. The zero-order valence-electron chi connectivity index (χ0n) is 12.9. The first-order valence-electron chi connectivity index (χ1n) is 7.03. The summed E-state index contributed by atoms with van der Waals surface area (Å²) >= 11 is 0. The summed E-state index contributed by atoms with van der Waals surface area (Å²) in [6.45, 7) is 8.19. The molecule has 0 aliphatic heterocycles. The van der Waals surface area contributed by atoms with E-state index in [1.54, 1.807) is 23.4 Å². The molecule has 0 radical (unpaired) electrons. The van der Waals surface area contributed by atoms with Crippen molar-refractivity contribution in [1.82, 2.24) is 9.78 Å². The van der Waals surface area contributed by atoms with Crippen molar-refractivity contribution in [3.05, 3.63) is 15.8 Å². The van der Waals surface area contributed by atoms with E-state index in [9.17, 15) is 14.9 Å². The molecular weight excluding hydrogens is 276 g/mol. The van der Waals surface area contributed by atoms with Crippen LogP contribution < -0.4 is 4.90 Å². The van der Waals surface area contributed by atoms with Gasteiger partial charge in [0.05, 0.1) is 11.3 Å². The predicted octanol–water partition coefficient (Wildman–Crippen LogP) is 2.20. The van der Waals surface area contributed by atoms with Gasteiger partial charge in [-0.1, -0.05) is 6.92 Å². The number of nitro groups is 1. The molecule has 0 bridgehead atoms. The van der Waals surface area contributed by atoms with E-state index in [1.807, 2.05) is 13.8 Å². The van der Waals surface area contributed by atoms with Crippen LogP contribution in [-0.4, -0.2) is 38.4 Å². The molecule has 8 heteroatoms. The quantitative estimate of drug-likeness (QED) is 0.583. The zero-order chi connectivity index (χ0) is 16.2. The SMILES string of the molecule is CCCn1nc(C)c([N+](=O)[O-])c1N(CC)C(C)CC(=O)O. The molecule has 118 valence electrons. The Morgan fingerprint density at radius 1 is 1.52 bits per heavy atom. The van der Waals surface area contributed by atoms with Gasteiger partial charge in [-0.15, -0.1) is 0 Å². The van der Waals surface area contributed by atoms with Crippen LogP contribution in [0.1, 0.15) is 39.3 Å². The molecule has 1 unspecified atom stereocenters. The van der Waals surface area contributed by atoms with E-state index in [0.29, 0.717) is 24.6 Å². The fraction of sp³-hybridized carbons (Fsp3) is 0.692. The first-order valence-corrected chi connectivity index (χ1v) is 7.03. The van der Waals surface area contributed by atoms with Gasteiger partial charge in [0.25, 0.3) is 0 Å². The molecule has 1 aromatic rings. The Balaban J connectivity index is 3.34. The molecule has 1 atom stereocenters. The van der Waals surface area contributed by atoms with Crippen molar-refractivity contribution in [2.75, 3.05) is 11.4 Å². The van der Waals surface area contributed by atoms with Gasteiger partial charge in [-0.2, -0.15) is 5.10 Å². The molecule has 0 amide bonds. The first kappa shape index (κ1) is 16.9. The molecule has 0 aliphatic carbocycles. The fourth-order valence-electron chi connectivity index (χ4n) is 2.46. The van der Waals surface area contributed by atoms with E-state index < -0.39 is 10.9 Å². The average molecular weight is 298 g/mol. The lowest BCUT2D eigenvalue weighted by atomic mass is 10.2. The maximum absolute atomic E-state index is 11.3. The van der Waals surface area contributed by atoms with E-state index in [1.165, 1.54) is 0 Å². The van der Waals surface area contributed by atoms with Crippen LogP contribution in [-0.2, 0) is 11.3 Å². The summed E-state index contributed by atoms with van der Waals surface area (Å²) < 4.78 is 1.61. The highest BCUT2D eigenvalue weighted by Gasteiger charge is 2.31. The van der Waals surface area contributed by atoms with Gasteiger partial charge in [-0.25, -0.2) is 4.68 Å². The molecule has 0 fully saturated rings. The van der Waals surface area contributed by atoms with Gasteiger partial charge < -0.3 is 10.0 Å². The maximum atomic E-state index is 11.3. The minimum Gasteiger partial charge on any atom is -0.481 e. The molecule has 1 heterocycles. The number of hydrogen-bond acceptors (Lipinski definition) is 5. The fourth-order valence-corrected chi connectivity index (χ4v) is 2.46. The summed E-state index contributed by atoms with van der Waals surface area (Å²) in [6.07, 6.45) is 0.706. The molecule has 8 nitrogen and oxygen atoms in total. The second-order valence-electron chi connectivity index (χ2n) is 4.97. The van der Waals surface area contributed by atoms with Gasteiger partial charge >= 0.3 is 11.7 Å². The Labute approximate surface area is 123 Å². The van der Waals surface area contributed by atoms with Gasteiger partial charge in [0, 0.05) is 19.1 Å². The van der Waals surface area contributed by atoms with Crippen molar-refractivity contribution in [2.24, 2.45) is 0 Å². The van der Waals surface area contributed by atoms with Gasteiger partial charge in [0.15, 0.2) is 0 Å². The third kappa shape index (κ3) is 3.71. The van der Waals surface area contributed by atoms with E-state index in [4.69, 9.17) is 5.11 Å². The van der Waals surface area contributed by atoms with Crippen molar-refractivity contribution in [3.63, 3.8) is 0 Å². The highest BCUT2D eigenvalue weighted by molar-refractivity contribution is 5.69. The smallest absolute Gasteiger partial charge is 0.333 e. The maximum Gasteiger partial charge on any atom is 0.333 e. The number of aromatic nitrogens is 2. The third-order valence-electron chi connectivity index (χ3n) is 3.30. The number of carboxylic acids is 1. The summed E-state index contributed by atoms with van der Waals surface area (Å²) in [5.74, 6) is -0.530. The molecule has 0 saturated heterocycles. The van der Waals surface area contributed by atoms with Crippen LogP contribution in [0.5, 0.6) is 0 Å². The van der Waals surface area contributed by atoms with Crippen molar-refractivity contribution in [3.8, 4) is 0 Å². The number of nitrogens with zero attached hydrogens (tertiary/aromatic N) is 4. The topological polar surface area (TPSA) is 101 Å². The van der Waals surface area contributed by atoms with Crippen LogP contribution in [0, 0.1) is 17.0 Å². The zero-order valence-corrected chi connectivity index (χ0v) is 12.9. The highest BCUT2D eigenvalue weighted by Crippen LogP contribution is 2.33. The predicted molar refractivity (Wildman–Crippen MR) is 78.6 cm³/mol. The second-order valence-corrected chi connectivity index (χ2v) is 4.97. The van der Waals surface area contributed by atoms with E-state index in [-0.39, 0.29) is 18.2 Å². The summed E-state index contributed by atoms with van der Waals surface area (Å²) in [7, 11) is 0.